The number of phenols is 1. The third kappa shape index (κ3) is 2.91. The standard InChI is InChI=1S/C21H16N2O3/c1-13(20-12-16-8-4-5-9-19(16)26-20)22-23-21(25)17-10-14-6-2-3-7-15(14)11-18(17)24/h2-12,24H,1H3,(H,23,25). The zero-order valence-electron chi connectivity index (χ0n) is 14.1. The highest BCUT2D eigenvalue weighted by Gasteiger charge is 2.13. The lowest BCUT2D eigenvalue weighted by atomic mass is 10.1. The van der Waals surface area contributed by atoms with Gasteiger partial charge in [0.25, 0.3) is 5.91 Å². The Labute approximate surface area is 149 Å². The third-order valence-electron chi connectivity index (χ3n) is 4.22. The number of nitrogens with zero attached hydrogens (tertiary/aromatic N) is 1. The van der Waals surface area contributed by atoms with E-state index in [1.54, 1.807) is 19.1 Å². The normalized spacial score (nSPS) is 11.8. The fourth-order valence-electron chi connectivity index (χ4n) is 2.82. The van der Waals surface area contributed by atoms with Gasteiger partial charge in [-0.1, -0.05) is 42.5 Å². The number of rotatable bonds is 3. The predicted octanol–water partition coefficient (Wildman–Crippen LogP) is 4.45. The molecule has 3 aromatic carbocycles. The second-order valence-electron chi connectivity index (χ2n) is 6.00. The number of benzene rings is 3. The van der Waals surface area contributed by atoms with Gasteiger partial charge < -0.3 is 9.52 Å². The second-order valence-corrected chi connectivity index (χ2v) is 6.00. The highest BCUT2D eigenvalue weighted by molar-refractivity contribution is 6.04. The van der Waals surface area contributed by atoms with Crippen molar-refractivity contribution in [1.82, 2.24) is 5.43 Å². The van der Waals surface area contributed by atoms with E-state index in [9.17, 15) is 9.90 Å². The maximum Gasteiger partial charge on any atom is 0.275 e. The summed E-state index contributed by atoms with van der Waals surface area (Å²) in [5.74, 6) is 0.00994. The smallest absolute Gasteiger partial charge is 0.275 e. The van der Waals surface area contributed by atoms with Crippen LogP contribution in [-0.2, 0) is 0 Å². The molecule has 0 spiro atoms. The molecule has 0 aliphatic heterocycles. The Morgan fingerprint density at radius 3 is 2.35 bits per heavy atom. The van der Waals surface area contributed by atoms with Gasteiger partial charge in [-0.3, -0.25) is 4.79 Å². The number of nitrogens with one attached hydrogen (secondary N) is 1. The Hall–Kier alpha value is -3.60. The monoisotopic (exact) mass is 344 g/mol. The van der Waals surface area contributed by atoms with E-state index in [1.807, 2.05) is 54.6 Å². The molecule has 1 aromatic heterocycles. The molecule has 1 heterocycles. The lowest BCUT2D eigenvalue weighted by molar-refractivity contribution is 0.0952. The van der Waals surface area contributed by atoms with E-state index in [-0.39, 0.29) is 11.3 Å². The molecular formula is C21H16N2O3. The van der Waals surface area contributed by atoms with Crippen LogP contribution in [0.25, 0.3) is 21.7 Å². The molecule has 0 aliphatic carbocycles. The zero-order valence-corrected chi connectivity index (χ0v) is 14.1. The number of hydrogen-bond acceptors (Lipinski definition) is 4. The minimum absolute atomic E-state index is 0.0854. The van der Waals surface area contributed by atoms with Crippen molar-refractivity contribution >= 4 is 33.4 Å². The largest absolute Gasteiger partial charge is 0.507 e. The summed E-state index contributed by atoms with van der Waals surface area (Å²) >= 11 is 0. The molecule has 0 unspecified atom stereocenters. The number of carbonyl (C=O) groups is 1. The van der Waals surface area contributed by atoms with Crippen LogP contribution in [0.15, 0.2) is 76.2 Å². The summed E-state index contributed by atoms with van der Waals surface area (Å²) in [5.41, 5.74) is 3.94. The average molecular weight is 344 g/mol. The van der Waals surface area contributed by atoms with Gasteiger partial charge >= 0.3 is 0 Å². The van der Waals surface area contributed by atoms with Crippen molar-refractivity contribution in [2.45, 2.75) is 6.92 Å². The van der Waals surface area contributed by atoms with E-state index in [1.165, 1.54) is 0 Å². The summed E-state index contributed by atoms with van der Waals surface area (Å²) in [4.78, 5) is 12.4. The molecule has 0 atom stereocenters. The van der Waals surface area contributed by atoms with E-state index in [0.29, 0.717) is 11.5 Å². The quantitative estimate of drug-likeness (QED) is 0.426. The first-order valence-corrected chi connectivity index (χ1v) is 8.17. The molecule has 5 nitrogen and oxygen atoms in total. The fraction of sp³-hybridized carbons (Fsp3) is 0.0476. The van der Waals surface area contributed by atoms with Crippen LogP contribution in [-0.4, -0.2) is 16.7 Å². The van der Waals surface area contributed by atoms with Crippen LogP contribution in [0.4, 0.5) is 0 Å². The topological polar surface area (TPSA) is 74.8 Å². The molecule has 0 bridgehead atoms. The van der Waals surface area contributed by atoms with Gasteiger partial charge in [-0.25, -0.2) is 5.43 Å². The number of hydrogen-bond donors (Lipinski definition) is 2. The Balaban J connectivity index is 1.59. The molecular weight excluding hydrogens is 328 g/mol. The van der Waals surface area contributed by atoms with Crippen molar-refractivity contribution in [3.8, 4) is 5.75 Å². The van der Waals surface area contributed by atoms with E-state index in [0.717, 1.165) is 21.7 Å². The molecule has 128 valence electrons. The van der Waals surface area contributed by atoms with Gasteiger partial charge in [0.05, 0.1) is 5.56 Å². The van der Waals surface area contributed by atoms with Crippen molar-refractivity contribution in [3.63, 3.8) is 0 Å². The minimum atomic E-state index is -0.483. The number of aromatic hydroxyl groups is 1. The number of furan rings is 1. The molecule has 2 N–H and O–H groups in total. The Morgan fingerprint density at radius 2 is 1.62 bits per heavy atom. The lowest BCUT2D eigenvalue weighted by Crippen LogP contribution is -2.19. The van der Waals surface area contributed by atoms with Crippen LogP contribution in [0.5, 0.6) is 5.75 Å². The molecule has 0 fully saturated rings. The molecule has 1 amide bonds. The number of para-hydroxylation sites is 1. The number of hydrazone groups is 1. The number of carbonyl (C=O) groups excluding carboxylic acids is 1. The molecule has 5 heteroatoms. The molecule has 0 saturated heterocycles. The predicted molar refractivity (Wildman–Crippen MR) is 102 cm³/mol. The van der Waals surface area contributed by atoms with Crippen molar-refractivity contribution in [2.75, 3.05) is 0 Å². The van der Waals surface area contributed by atoms with Gasteiger partial charge in [0.1, 0.15) is 17.0 Å². The van der Waals surface area contributed by atoms with Crippen molar-refractivity contribution in [1.29, 1.82) is 0 Å². The van der Waals surface area contributed by atoms with Gasteiger partial charge in [0, 0.05) is 5.39 Å². The van der Waals surface area contributed by atoms with Crippen LogP contribution in [0.2, 0.25) is 0 Å². The Morgan fingerprint density at radius 1 is 0.962 bits per heavy atom. The molecule has 0 saturated carbocycles. The average Bonchev–Trinajstić information content (AvgIpc) is 3.09. The number of fused-ring (bicyclic) bond motifs is 2. The fourth-order valence-corrected chi connectivity index (χ4v) is 2.82. The Bertz CT molecular complexity index is 1130. The first-order chi connectivity index (χ1) is 12.6. The van der Waals surface area contributed by atoms with E-state index in [4.69, 9.17) is 4.42 Å². The minimum Gasteiger partial charge on any atom is -0.507 e. The summed E-state index contributed by atoms with van der Waals surface area (Å²) in [6.07, 6.45) is 0. The summed E-state index contributed by atoms with van der Waals surface area (Å²) in [7, 11) is 0. The first-order valence-electron chi connectivity index (χ1n) is 8.17. The van der Waals surface area contributed by atoms with E-state index >= 15 is 0 Å². The summed E-state index contributed by atoms with van der Waals surface area (Å²) in [5, 5.41) is 16.9. The van der Waals surface area contributed by atoms with Gasteiger partial charge in [0.15, 0.2) is 5.76 Å². The van der Waals surface area contributed by atoms with Crippen LogP contribution < -0.4 is 5.43 Å². The Kier molecular flexibility index (Phi) is 3.89. The van der Waals surface area contributed by atoms with Crippen LogP contribution in [0.1, 0.15) is 23.0 Å². The van der Waals surface area contributed by atoms with Crippen LogP contribution in [0.3, 0.4) is 0 Å². The second kappa shape index (κ2) is 6.37. The van der Waals surface area contributed by atoms with Crippen molar-refractivity contribution in [2.24, 2.45) is 5.10 Å². The van der Waals surface area contributed by atoms with E-state index in [2.05, 4.69) is 10.5 Å². The van der Waals surface area contributed by atoms with Gasteiger partial charge in [-0.15, -0.1) is 0 Å². The molecule has 4 rings (SSSR count). The van der Waals surface area contributed by atoms with Gasteiger partial charge in [-0.05, 0) is 42.0 Å². The summed E-state index contributed by atoms with van der Waals surface area (Å²) < 4.78 is 5.72. The lowest BCUT2D eigenvalue weighted by Gasteiger charge is -2.06. The summed E-state index contributed by atoms with van der Waals surface area (Å²) in [6, 6.07) is 20.2. The number of amides is 1. The maximum absolute atomic E-state index is 12.4. The van der Waals surface area contributed by atoms with Crippen LogP contribution >= 0.6 is 0 Å². The van der Waals surface area contributed by atoms with E-state index < -0.39 is 5.91 Å². The molecule has 26 heavy (non-hydrogen) atoms. The van der Waals surface area contributed by atoms with Crippen LogP contribution in [0, 0.1) is 0 Å². The molecule has 4 aromatic rings. The van der Waals surface area contributed by atoms with Crippen molar-refractivity contribution in [3.05, 3.63) is 78.1 Å². The third-order valence-corrected chi connectivity index (χ3v) is 4.22. The molecule has 0 radical (unpaired) electrons. The molecule has 0 aliphatic rings. The summed E-state index contributed by atoms with van der Waals surface area (Å²) in [6.45, 7) is 1.75. The zero-order chi connectivity index (χ0) is 18.1. The van der Waals surface area contributed by atoms with Gasteiger partial charge in [0.2, 0.25) is 0 Å². The SMILES string of the molecule is CC(=NNC(=O)c1cc2ccccc2cc1O)c1cc2ccccc2o1. The highest BCUT2D eigenvalue weighted by Crippen LogP contribution is 2.25. The van der Waals surface area contributed by atoms with Gasteiger partial charge in [-0.2, -0.15) is 5.10 Å². The first kappa shape index (κ1) is 15.9. The maximum atomic E-state index is 12.4. The van der Waals surface area contributed by atoms with Crippen molar-refractivity contribution < 1.29 is 14.3 Å². The number of phenolic OH excluding ortho intramolecular Hbond substituents is 1. The highest BCUT2D eigenvalue weighted by atomic mass is 16.3.